The fourth-order valence-electron chi connectivity index (χ4n) is 2.57. The molecule has 0 saturated carbocycles. The van der Waals surface area contributed by atoms with Gasteiger partial charge in [-0.05, 0) is 45.7 Å². The lowest BCUT2D eigenvalue weighted by molar-refractivity contribution is 0.156. The molecule has 0 bridgehead atoms. The van der Waals surface area contributed by atoms with E-state index in [9.17, 15) is 0 Å². The molecule has 0 aromatic heterocycles. The zero-order valence-corrected chi connectivity index (χ0v) is 14.4. The molecule has 0 aromatic rings. The maximum absolute atomic E-state index is 5.59. The molecule has 0 unspecified atom stereocenters. The standard InChI is InChI=1S/C9H19N.B12/c1-8(2)10-6-4-9(3)5-7-10;1-8(2)11(7)12(9(3)4)10(5)6/h8-9H,4-7H2,1-3H3;. The highest BCUT2D eigenvalue weighted by atomic mass is 15.1. The van der Waals surface area contributed by atoms with Gasteiger partial charge in [-0.2, -0.15) is 0 Å². The van der Waals surface area contributed by atoms with Crippen molar-refractivity contribution in [2.45, 2.75) is 39.7 Å². The summed E-state index contributed by atoms with van der Waals surface area (Å²) in [6.07, 6.45) is -0.422. The van der Waals surface area contributed by atoms with Gasteiger partial charge in [-0.15, -0.1) is 0 Å². The van der Waals surface area contributed by atoms with Crippen molar-refractivity contribution in [3.8, 4) is 0 Å². The second-order valence-electron chi connectivity index (χ2n) is 6.70. The number of likely N-dealkylation sites (tertiary alicyclic amines) is 1. The van der Waals surface area contributed by atoms with Crippen LogP contribution in [-0.2, 0) is 0 Å². The molecule has 14 radical (unpaired) electrons. The highest BCUT2D eigenvalue weighted by molar-refractivity contribution is 8.05. The van der Waals surface area contributed by atoms with Gasteiger partial charge in [0.05, 0.1) is 0 Å². The Hall–Kier alpha value is 0.739. The smallest absolute Gasteiger partial charge is 0.00385 e. The third-order valence-electron chi connectivity index (χ3n) is 4.33. The van der Waals surface area contributed by atoms with Gasteiger partial charge in [-0.1, -0.05) is 6.92 Å². The molecule has 0 aliphatic carbocycles. The highest BCUT2D eigenvalue weighted by Gasteiger charge is 2.30. The molecule has 22 heavy (non-hydrogen) atoms. The van der Waals surface area contributed by atoms with Crippen LogP contribution in [0.5, 0.6) is 0 Å². The van der Waals surface area contributed by atoms with E-state index in [1.807, 2.05) is 0 Å². The maximum Gasteiger partial charge on any atom is 0.00385 e. The molecule has 1 heterocycles. The van der Waals surface area contributed by atoms with E-state index in [1.165, 1.54) is 25.9 Å². The molecule has 1 rings (SSSR count). The highest BCUT2D eigenvalue weighted by Crippen LogP contribution is 2.17. The molecule has 0 atom stereocenters. The van der Waals surface area contributed by atoms with Gasteiger partial charge in [0.1, 0.15) is 0 Å². The van der Waals surface area contributed by atoms with Crippen molar-refractivity contribution in [1.82, 2.24) is 4.90 Å². The van der Waals surface area contributed by atoms with E-state index >= 15 is 0 Å². The summed E-state index contributed by atoms with van der Waals surface area (Å²) in [5, 5.41) is 0. The molecule has 96 valence electrons. The van der Waals surface area contributed by atoms with Crippen LogP contribution in [0.15, 0.2) is 0 Å². The van der Waals surface area contributed by atoms with E-state index in [1.54, 1.807) is 0 Å². The molecule has 1 aliphatic rings. The van der Waals surface area contributed by atoms with Crippen LogP contribution in [0.25, 0.3) is 0 Å². The summed E-state index contributed by atoms with van der Waals surface area (Å²) < 4.78 is 0. The summed E-state index contributed by atoms with van der Waals surface area (Å²) in [6, 6.07) is 0.757. The van der Waals surface area contributed by atoms with E-state index < -0.39 is 31.9 Å². The summed E-state index contributed by atoms with van der Waals surface area (Å²) in [4.78, 5) is 2.57. The number of nitrogens with zero attached hydrogens (tertiary/aromatic N) is 1. The molecule has 0 N–H and O–H groups in total. The molecule has 13 heteroatoms. The van der Waals surface area contributed by atoms with Gasteiger partial charge in [-0.3, -0.25) is 0 Å². The normalized spacial score (nSPS) is 15.6. The molecule has 1 aliphatic heterocycles. The summed E-state index contributed by atoms with van der Waals surface area (Å²) in [6.45, 7) is 9.57. The zero-order chi connectivity index (χ0) is 17.4. The fraction of sp³-hybridized carbons (Fsp3) is 1.00. The number of hydrogen-bond acceptors (Lipinski definition) is 1. The van der Waals surface area contributed by atoms with E-state index in [0.29, 0.717) is 0 Å². The molecule has 1 nitrogen and oxygen atoms in total. The van der Waals surface area contributed by atoms with E-state index in [0.717, 1.165) is 12.0 Å². The average molecular weight is 271 g/mol. The van der Waals surface area contributed by atoms with Gasteiger partial charge in [0.2, 0.25) is 0 Å². The second-order valence-corrected chi connectivity index (χ2v) is 6.70. The minimum Gasteiger partial charge on any atom is -0.301 e. The van der Waals surface area contributed by atoms with Crippen LogP contribution in [0.4, 0.5) is 0 Å². The van der Waals surface area contributed by atoms with Gasteiger partial charge in [0, 0.05) is 92.1 Å². The first-order valence-corrected chi connectivity index (χ1v) is 8.11. The van der Waals surface area contributed by atoms with Crippen molar-refractivity contribution in [3.05, 3.63) is 0 Å². The van der Waals surface area contributed by atoms with Gasteiger partial charge in [-0.25, -0.2) is 0 Å². The van der Waals surface area contributed by atoms with Crippen molar-refractivity contribution in [2.24, 2.45) is 5.92 Å². The third kappa shape index (κ3) is 8.55. The average Bonchev–Trinajstić information content (AvgIpc) is 2.38. The van der Waals surface area contributed by atoms with Crippen molar-refractivity contribution < 1.29 is 0 Å². The Kier molecular flexibility index (Phi) is 11.7. The largest absolute Gasteiger partial charge is 0.301 e. The van der Waals surface area contributed by atoms with Gasteiger partial charge >= 0.3 is 0 Å². The van der Waals surface area contributed by atoms with Crippen molar-refractivity contribution in [1.29, 1.82) is 0 Å². The third-order valence-corrected chi connectivity index (χ3v) is 4.33. The lowest BCUT2D eigenvalue weighted by Crippen LogP contribution is -2.67. The van der Waals surface area contributed by atoms with Crippen LogP contribution in [0.1, 0.15) is 33.6 Å². The Labute approximate surface area is 149 Å². The minimum absolute atomic E-state index is 0.481. The predicted molar refractivity (Wildman–Crippen MR) is 114 cm³/mol. The number of hydrogen-bond donors (Lipinski definition) is 0. The summed E-state index contributed by atoms with van der Waals surface area (Å²) in [7, 11) is 37.9. The van der Waals surface area contributed by atoms with Crippen LogP contribution in [-0.4, -0.2) is 110 Å². The van der Waals surface area contributed by atoms with Crippen LogP contribution < -0.4 is 0 Å². The topological polar surface area (TPSA) is 3.24 Å². The maximum atomic E-state index is 5.59. The molecular weight excluding hydrogens is 252 g/mol. The molecular formula is C9H19B12N. The monoisotopic (exact) mass is 273 g/mol. The zero-order valence-electron chi connectivity index (χ0n) is 14.4. The van der Waals surface area contributed by atoms with Crippen LogP contribution in [0, 0.1) is 5.92 Å². The Balaban J connectivity index is 0.000000406. The SMILES string of the molecule is CC1CCN(C(C)C)CC1.[B]B([B])B([B])B(B([B])[B])B([B])[B]. The van der Waals surface area contributed by atoms with Crippen molar-refractivity contribution >= 4 is 86.1 Å². The van der Waals surface area contributed by atoms with Gasteiger partial charge in [0.15, 0.2) is 0 Å². The van der Waals surface area contributed by atoms with Gasteiger partial charge < -0.3 is 4.90 Å². The van der Waals surface area contributed by atoms with E-state index in [-0.39, 0.29) is 0 Å². The van der Waals surface area contributed by atoms with Crippen LogP contribution in [0.2, 0.25) is 0 Å². The van der Waals surface area contributed by atoms with Gasteiger partial charge in [0.25, 0.3) is 0 Å². The Morgan fingerprint density at radius 1 is 0.818 bits per heavy atom. The second kappa shape index (κ2) is 11.3. The lowest BCUT2D eigenvalue weighted by atomic mass is 8.53. The molecule has 0 amide bonds. The lowest BCUT2D eigenvalue weighted by Gasteiger charge is -2.33. The molecule has 1 saturated heterocycles. The van der Waals surface area contributed by atoms with E-state index in [4.69, 9.17) is 54.2 Å². The predicted octanol–water partition coefficient (Wildman–Crippen LogP) is -2.44. The van der Waals surface area contributed by atoms with Crippen LogP contribution >= 0.6 is 0 Å². The Bertz CT molecular complexity index is 272. The summed E-state index contributed by atoms with van der Waals surface area (Å²) >= 11 is 0. The number of rotatable bonds is 5. The molecule has 0 aromatic carbocycles. The number of piperidine rings is 1. The molecule has 1 fully saturated rings. The Morgan fingerprint density at radius 2 is 1.23 bits per heavy atom. The summed E-state index contributed by atoms with van der Waals surface area (Å²) in [5.74, 6) is 0.968. The van der Waals surface area contributed by atoms with Crippen LogP contribution in [0.3, 0.4) is 0 Å². The van der Waals surface area contributed by atoms with E-state index in [2.05, 4.69) is 25.7 Å². The Morgan fingerprint density at radius 3 is 1.45 bits per heavy atom. The quantitative estimate of drug-likeness (QED) is 0.502. The first kappa shape index (κ1) is 22.7. The first-order chi connectivity index (χ1) is 10.1. The first-order valence-electron chi connectivity index (χ1n) is 8.11. The summed E-state index contributed by atoms with van der Waals surface area (Å²) in [5.41, 5.74) is 0. The molecule has 0 spiro atoms. The fourth-order valence-corrected chi connectivity index (χ4v) is 2.57. The minimum atomic E-state index is -0.723. The van der Waals surface area contributed by atoms with Crippen molar-refractivity contribution in [3.63, 3.8) is 0 Å². The van der Waals surface area contributed by atoms with Crippen molar-refractivity contribution in [2.75, 3.05) is 13.1 Å².